The molecule has 0 heterocycles. The molecule has 0 aromatic heterocycles. The zero-order valence-corrected chi connectivity index (χ0v) is 33.1. The van der Waals surface area contributed by atoms with E-state index < -0.39 is 0 Å². The van der Waals surface area contributed by atoms with Crippen molar-refractivity contribution in [2.45, 2.75) is 67.2 Å². The Balaban J connectivity index is 0.000000236. The minimum absolute atomic E-state index is 0. The van der Waals surface area contributed by atoms with Crippen LogP contribution < -0.4 is 24.8 Å². The predicted octanol–water partition coefficient (Wildman–Crippen LogP) is 5.93. The second kappa shape index (κ2) is 18.7. The molecule has 0 nitrogen and oxygen atoms in total. The van der Waals surface area contributed by atoms with Crippen LogP contribution in [0.5, 0.6) is 0 Å². The minimum Gasteiger partial charge on any atom is -1.00 e. The second-order valence-corrected chi connectivity index (χ2v) is 14.8. The van der Waals surface area contributed by atoms with Gasteiger partial charge in [0.1, 0.15) is 0 Å². The SMILES string of the molecule is CCCCC1[C-]=CC(C(C)(C)C)=C1.Cc1[c-]c2c(cc1)-c1ccc(C)cc1C2.Clc1cccc([C](=[Zr+2])c2cccc(Cl)c2)c1.[Cl-].[Cl-]. The van der Waals surface area contributed by atoms with Gasteiger partial charge in [0.15, 0.2) is 0 Å². The first kappa shape index (κ1) is 40.4. The van der Waals surface area contributed by atoms with Crippen LogP contribution in [-0.2, 0) is 30.7 Å². The van der Waals surface area contributed by atoms with Gasteiger partial charge >= 0.3 is 120 Å². The maximum absolute atomic E-state index is 5.98. The Morgan fingerprint density at radius 3 is 2.00 bits per heavy atom. The van der Waals surface area contributed by atoms with Crippen molar-refractivity contribution in [3.8, 4) is 11.1 Å². The van der Waals surface area contributed by atoms with Crippen molar-refractivity contribution < 1.29 is 49.0 Å². The molecule has 4 aromatic rings. The van der Waals surface area contributed by atoms with E-state index in [0.717, 1.165) is 27.6 Å². The summed E-state index contributed by atoms with van der Waals surface area (Å²) in [5.74, 6) is 0.592. The van der Waals surface area contributed by atoms with E-state index in [9.17, 15) is 0 Å². The van der Waals surface area contributed by atoms with Crippen molar-refractivity contribution >= 4 is 26.4 Å². The average molecular weight is 768 g/mol. The van der Waals surface area contributed by atoms with E-state index in [2.05, 4.69) is 108 Å². The predicted molar refractivity (Wildman–Crippen MR) is 187 cm³/mol. The summed E-state index contributed by atoms with van der Waals surface area (Å²) in [7, 11) is 0. The first-order chi connectivity index (χ1) is 20.9. The normalized spacial score (nSPS) is 13.9. The Kier molecular flexibility index (Phi) is 16.5. The molecular formula is C41H42Cl4Zr-2. The van der Waals surface area contributed by atoms with Crippen molar-refractivity contribution in [2.24, 2.45) is 11.3 Å². The van der Waals surface area contributed by atoms with Crippen LogP contribution in [0.4, 0.5) is 0 Å². The fourth-order valence-corrected chi connectivity index (χ4v) is 6.54. The molecule has 0 saturated heterocycles. The fraction of sp³-hybridized carbons (Fsp3) is 0.293. The van der Waals surface area contributed by atoms with E-state index in [1.807, 2.05) is 36.4 Å². The number of hydrogen-bond donors (Lipinski definition) is 0. The molecule has 240 valence electrons. The average Bonchev–Trinajstić information content (AvgIpc) is 3.60. The summed E-state index contributed by atoms with van der Waals surface area (Å²) in [6, 6.07) is 30.3. The number of fused-ring (bicyclic) bond motifs is 3. The molecule has 0 spiro atoms. The molecule has 5 heteroatoms. The fourth-order valence-electron chi connectivity index (χ4n) is 5.39. The molecule has 1 atom stereocenters. The zero-order valence-electron chi connectivity index (χ0n) is 27.6. The maximum Gasteiger partial charge on any atom is -1.00 e. The summed E-state index contributed by atoms with van der Waals surface area (Å²) < 4.78 is 1.26. The van der Waals surface area contributed by atoms with Crippen LogP contribution in [0.15, 0.2) is 96.6 Å². The van der Waals surface area contributed by atoms with E-state index >= 15 is 0 Å². The Labute approximate surface area is 314 Å². The first-order valence-electron chi connectivity index (χ1n) is 15.5. The van der Waals surface area contributed by atoms with E-state index in [1.54, 1.807) is 0 Å². The van der Waals surface area contributed by atoms with Gasteiger partial charge in [-0.15, -0.1) is 11.1 Å². The standard InChI is InChI=1S/C15H13.C13H8Cl2.C13H21.2ClH.Zr/c1-10-3-5-14-12(7-10)9-13-8-11(2)4-6-15(13)14;14-12-5-1-3-10(8-12)7-11-4-2-6-13(15)9-11;1-5-6-7-11-8-9-12(10-11)13(2,3)4;;;/h3-7H,9H2,1-2H3;1-6,8-9H;9-11H,5-7H2,1-4H3;2*1H;/q-1;;-1;;;+2/p-2. The summed E-state index contributed by atoms with van der Waals surface area (Å²) in [6.45, 7) is 13.3. The Morgan fingerprint density at radius 2 is 1.46 bits per heavy atom. The zero-order chi connectivity index (χ0) is 31.9. The smallest absolute Gasteiger partial charge is 1.00 e. The number of benzene rings is 4. The Morgan fingerprint density at radius 1 is 0.848 bits per heavy atom. The van der Waals surface area contributed by atoms with Gasteiger partial charge in [-0.1, -0.05) is 94.5 Å². The monoisotopic (exact) mass is 764 g/mol. The van der Waals surface area contributed by atoms with Gasteiger partial charge in [0, 0.05) is 0 Å². The van der Waals surface area contributed by atoms with Crippen molar-refractivity contribution in [1.29, 1.82) is 0 Å². The molecule has 0 N–H and O–H groups in total. The van der Waals surface area contributed by atoms with Gasteiger partial charge in [0.05, 0.1) is 0 Å². The summed E-state index contributed by atoms with van der Waals surface area (Å²) >= 11 is 13.3. The first-order valence-corrected chi connectivity index (χ1v) is 17.5. The maximum atomic E-state index is 5.98. The molecule has 1 unspecified atom stereocenters. The molecule has 0 saturated carbocycles. The third kappa shape index (κ3) is 11.5. The van der Waals surface area contributed by atoms with Crippen LogP contribution in [0.3, 0.4) is 0 Å². The third-order valence-electron chi connectivity index (χ3n) is 7.89. The van der Waals surface area contributed by atoms with Gasteiger partial charge in [0.2, 0.25) is 0 Å². The number of hydrogen-bond acceptors (Lipinski definition) is 0. The van der Waals surface area contributed by atoms with E-state index in [4.69, 9.17) is 23.2 Å². The summed E-state index contributed by atoms with van der Waals surface area (Å²) in [5, 5.41) is 1.53. The molecule has 0 radical (unpaired) electrons. The topological polar surface area (TPSA) is 0 Å². The number of rotatable bonds is 5. The van der Waals surface area contributed by atoms with Crippen molar-refractivity contribution in [3.63, 3.8) is 0 Å². The van der Waals surface area contributed by atoms with Crippen LogP contribution >= 0.6 is 23.2 Å². The van der Waals surface area contributed by atoms with Gasteiger partial charge in [-0.05, 0) is 18.9 Å². The van der Waals surface area contributed by atoms with Crippen LogP contribution in [0.25, 0.3) is 11.1 Å². The quantitative estimate of drug-likeness (QED) is 0.195. The van der Waals surface area contributed by atoms with Gasteiger partial charge in [-0.2, -0.15) is 35.4 Å². The largest absolute Gasteiger partial charge is 1.00 e. The van der Waals surface area contributed by atoms with Crippen molar-refractivity contribution in [3.05, 3.63) is 152 Å². The Hall–Kier alpha value is -1.73. The van der Waals surface area contributed by atoms with E-state index in [1.165, 1.54) is 85.7 Å². The van der Waals surface area contributed by atoms with E-state index in [-0.39, 0.29) is 24.8 Å². The third-order valence-corrected chi connectivity index (χ3v) is 9.78. The Bertz CT molecular complexity index is 1580. The van der Waals surface area contributed by atoms with Crippen LogP contribution in [0.2, 0.25) is 10.0 Å². The number of unbranched alkanes of at least 4 members (excludes halogenated alkanes) is 1. The molecule has 2 aliphatic rings. The van der Waals surface area contributed by atoms with E-state index in [0.29, 0.717) is 11.3 Å². The number of halogens is 4. The summed E-state index contributed by atoms with van der Waals surface area (Å²) in [5.41, 5.74) is 12.2. The molecule has 0 aliphatic heterocycles. The van der Waals surface area contributed by atoms with Crippen molar-refractivity contribution in [1.82, 2.24) is 0 Å². The molecule has 4 aromatic carbocycles. The molecule has 46 heavy (non-hydrogen) atoms. The number of allylic oxidation sites excluding steroid dienone is 4. The van der Waals surface area contributed by atoms with Gasteiger partial charge in [-0.25, -0.2) is 6.08 Å². The van der Waals surface area contributed by atoms with Crippen LogP contribution in [0, 0.1) is 37.3 Å². The second-order valence-electron chi connectivity index (χ2n) is 12.7. The van der Waals surface area contributed by atoms with Crippen molar-refractivity contribution in [2.75, 3.05) is 0 Å². The van der Waals surface area contributed by atoms with Gasteiger partial charge < -0.3 is 24.8 Å². The van der Waals surface area contributed by atoms with Crippen LogP contribution in [0.1, 0.15) is 80.3 Å². The summed E-state index contributed by atoms with van der Waals surface area (Å²) in [4.78, 5) is 0. The van der Waals surface area contributed by atoms with Gasteiger partial charge in [-0.3, -0.25) is 6.08 Å². The number of aryl methyl sites for hydroxylation is 2. The molecular weight excluding hydrogens is 725 g/mol. The minimum atomic E-state index is 0. The summed E-state index contributed by atoms with van der Waals surface area (Å²) in [6.07, 6.45) is 12.9. The molecule has 0 bridgehead atoms. The van der Waals surface area contributed by atoms with Crippen LogP contribution in [-0.4, -0.2) is 3.21 Å². The molecule has 0 fully saturated rings. The molecule has 2 aliphatic carbocycles. The molecule has 0 amide bonds. The van der Waals surface area contributed by atoms with Gasteiger partial charge in [0.25, 0.3) is 0 Å². The molecule has 6 rings (SSSR count).